The number of aromatic nitrogens is 2. The minimum absolute atomic E-state index is 0.0928. The number of hydrogen-bond donors (Lipinski definition) is 1. The highest BCUT2D eigenvalue weighted by Gasteiger charge is 2.31. The van der Waals surface area contributed by atoms with E-state index in [4.69, 9.17) is 13.7 Å². The zero-order valence-electron chi connectivity index (χ0n) is 11.0. The van der Waals surface area contributed by atoms with E-state index >= 15 is 0 Å². The van der Waals surface area contributed by atoms with Gasteiger partial charge in [0.25, 0.3) is 0 Å². The van der Waals surface area contributed by atoms with E-state index in [2.05, 4.69) is 15.5 Å². The molecule has 1 saturated heterocycles. The Bertz CT molecular complexity index is 549. The molecule has 0 radical (unpaired) electrons. The number of likely N-dealkylation sites (N-methyl/N-ethyl adjacent to an activating group) is 1. The van der Waals surface area contributed by atoms with Gasteiger partial charge < -0.3 is 19.0 Å². The van der Waals surface area contributed by atoms with Crippen LogP contribution in [0.4, 0.5) is 0 Å². The van der Waals surface area contributed by atoms with Crippen LogP contribution in [0.5, 0.6) is 0 Å². The van der Waals surface area contributed by atoms with Crippen molar-refractivity contribution in [2.24, 2.45) is 0 Å². The van der Waals surface area contributed by atoms with Crippen LogP contribution in [0.2, 0.25) is 0 Å². The fraction of sp³-hybridized carbons (Fsp3) is 0.538. The lowest BCUT2D eigenvalue weighted by atomic mass is 9.96. The third-order valence-corrected chi connectivity index (χ3v) is 3.55. The molecule has 1 N–H and O–H groups in total. The van der Waals surface area contributed by atoms with Gasteiger partial charge in [-0.2, -0.15) is 4.98 Å². The Morgan fingerprint density at radius 3 is 3.05 bits per heavy atom. The van der Waals surface area contributed by atoms with Crippen molar-refractivity contribution in [1.29, 1.82) is 0 Å². The second-order valence-corrected chi connectivity index (χ2v) is 4.75. The Hall–Kier alpha value is -1.66. The SMILES string of the molecule is CNC1CCOCC1c1nc(-c2occc2C)no1. The summed E-state index contributed by atoms with van der Waals surface area (Å²) < 4.78 is 16.2. The average Bonchev–Trinajstić information content (AvgIpc) is 3.07. The predicted molar refractivity (Wildman–Crippen MR) is 67.8 cm³/mol. The van der Waals surface area contributed by atoms with Gasteiger partial charge in [0.1, 0.15) is 0 Å². The monoisotopic (exact) mass is 263 g/mol. The Kier molecular flexibility index (Phi) is 3.35. The molecule has 0 aromatic carbocycles. The highest BCUT2D eigenvalue weighted by atomic mass is 16.5. The van der Waals surface area contributed by atoms with Crippen LogP contribution >= 0.6 is 0 Å². The summed E-state index contributed by atoms with van der Waals surface area (Å²) in [7, 11) is 1.94. The van der Waals surface area contributed by atoms with Crippen molar-refractivity contribution >= 4 is 0 Å². The van der Waals surface area contributed by atoms with Gasteiger partial charge in [0.15, 0.2) is 5.76 Å². The molecule has 2 aromatic rings. The summed E-state index contributed by atoms with van der Waals surface area (Å²) in [5, 5.41) is 7.28. The summed E-state index contributed by atoms with van der Waals surface area (Å²) in [4.78, 5) is 4.44. The van der Waals surface area contributed by atoms with Crippen LogP contribution in [-0.4, -0.2) is 36.4 Å². The lowest BCUT2D eigenvalue weighted by Crippen LogP contribution is -2.39. The molecule has 0 bridgehead atoms. The summed E-state index contributed by atoms with van der Waals surface area (Å²) in [6.45, 7) is 3.32. The number of nitrogens with zero attached hydrogens (tertiary/aromatic N) is 2. The molecular weight excluding hydrogens is 246 g/mol. The van der Waals surface area contributed by atoms with Crippen molar-refractivity contribution in [3.05, 3.63) is 23.8 Å². The standard InChI is InChI=1S/C13H17N3O3/c1-8-3-6-18-11(8)12-15-13(19-16-12)9-7-17-5-4-10(9)14-2/h3,6,9-10,14H,4-5,7H2,1-2H3. The fourth-order valence-corrected chi connectivity index (χ4v) is 2.41. The van der Waals surface area contributed by atoms with Gasteiger partial charge in [-0.15, -0.1) is 0 Å². The van der Waals surface area contributed by atoms with Crippen LogP contribution in [0.1, 0.15) is 23.8 Å². The molecular formula is C13H17N3O3. The largest absolute Gasteiger partial charge is 0.461 e. The van der Waals surface area contributed by atoms with Crippen LogP contribution < -0.4 is 5.32 Å². The highest BCUT2D eigenvalue weighted by Crippen LogP contribution is 2.27. The minimum Gasteiger partial charge on any atom is -0.461 e. The predicted octanol–water partition coefficient (Wildman–Crippen LogP) is 1.73. The van der Waals surface area contributed by atoms with E-state index in [9.17, 15) is 0 Å². The second kappa shape index (κ2) is 5.14. The Labute approximate surface area is 111 Å². The Balaban J connectivity index is 1.86. The minimum atomic E-state index is 0.0928. The van der Waals surface area contributed by atoms with Crippen LogP contribution in [0.25, 0.3) is 11.6 Å². The molecule has 1 aliphatic rings. The molecule has 2 unspecified atom stereocenters. The molecule has 1 aliphatic heterocycles. The van der Waals surface area contributed by atoms with E-state index in [1.807, 2.05) is 20.0 Å². The number of ether oxygens (including phenoxy) is 1. The van der Waals surface area contributed by atoms with Gasteiger partial charge in [0.2, 0.25) is 11.7 Å². The summed E-state index contributed by atoms with van der Waals surface area (Å²) in [6.07, 6.45) is 2.57. The first kappa shape index (κ1) is 12.4. The first-order valence-corrected chi connectivity index (χ1v) is 6.42. The van der Waals surface area contributed by atoms with E-state index in [1.54, 1.807) is 6.26 Å². The van der Waals surface area contributed by atoms with Gasteiger partial charge in [-0.25, -0.2) is 0 Å². The van der Waals surface area contributed by atoms with Crippen LogP contribution in [0.3, 0.4) is 0 Å². The zero-order valence-corrected chi connectivity index (χ0v) is 11.0. The van der Waals surface area contributed by atoms with Crippen molar-refractivity contribution in [2.75, 3.05) is 20.3 Å². The van der Waals surface area contributed by atoms with Gasteiger partial charge in [-0.1, -0.05) is 5.16 Å². The lowest BCUT2D eigenvalue weighted by Gasteiger charge is -2.28. The van der Waals surface area contributed by atoms with Crippen molar-refractivity contribution in [3.63, 3.8) is 0 Å². The highest BCUT2D eigenvalue weighted by molar-refractivity contribution is 5.51. The van der Waals surface area contributed by atoms with Crippen molar-refractivity contribution < 1.29 is 13.7 Å². The Morgan fingerprint density at radius 1 is 1.42 bits per heavy atom. The topological polar surface area (TPSA) is 73.3 Å². The van der Waals surface area contributed by atoms with Gasteiger partial charge in [-0.3, -0.25) is 0 Å². The van der Waals surface area contributed by atoms with E-state index in [-0.39, 0.29) is 5.92 Å². The third kappa shape index (κ3) is 2.29. The molecule has 0 spiro atoms. The molecule has 0 aliphatic carbocycles. The van der Waals surface area contributed by atoms with Crippen LogP contribution in [-0.2, 0) is 4.74 Å². The van der Waals surface area contributed by atoms with Crippen LogP contribution in [0.15, 0.2) is 21.3 Å². The second-order valence-electron chi connectivity index (χ2n) is 4.75. The molecule has 19 heavy (non-hydrogen) atoms. The number of nitrogens with one attached hydrogen (secondary N) is 1. The van der Waals surface area contributed by atoms with Gasteiger partial charge in [0.05, 0.1) is 18.8 Å². The van der Waals surface area contributed by atoms with Crippen molar-refractivity contribution in [2.45, 2.75) is 25.3 Å². The maximum absolute atomic E-state index is 5.50. The van der Waals surface area contributed by atoms with Crippen molar-refractivity contribution in [3.8, 4) is 11.6 Å². The quantitative estimate of drug-likeness (QED) is 0.909. The fourth-order valence-electron chi connectivity index (χ4n) is 2.41. The summed E-state index contributed by atoms with van der Waals surface area (Å²) >= 11 is 0. The van der Waals surface area contributed by atoms with E-state index in [1.165, 1.54) is 0 Å². The lowest BCUT2D eigenvalue weighted by molar-refractivity contribution is 0.0516. The van der Waals surface area contributed by atoms with E-state index < -0.39 is 0 Å². The van der Waals surface area contributed by atoms with Gasteiger partial charge in [0, 0.05) is 12.6 Å². The summed E-state index contributed by atoms with van der Waals surface area (Å²) in [5.41, 5.74) is 0.998. The van der Waals surface area contributed by atoms with Gasteiger partial charge >= 0.3 is 0 Å². The molecule has 2 atom stereocenters. The van der Waals surface area contributed by atoms with E-state index in [0.717, 1.165) is 18.6 Å². The van der Waals surface area contributed by atoms with E-state index in [0.29, 0.717) is 30.1 Å². The number of rotatable bonds is 3. The zero-order chi connectivity index (χ0) is 13.2. The maximum atomic E-state index is 5.50. The number of hydrogen-bond acceptors (Lipinski definition) is 6. The molecule has 2 aromatic heterocycles. The first-order valence-electron chi connectivity index (χ1n) is 6.42. The van der Waals surface area contributed by atoms with Crippen molar-refractivity contribution in [1.82, 2.24) is 15.5 Å². The molecule has 0 amide bonds. The maximum Gasteiger partial charge on any atom is 0.238 e. The van der Waals surface area contributed by atoms with Gasteiger partial charge in [-0.05, 0) is 32.0 Å². The Morgan fingerprint density at radius 2 is 2.32 bits per heavy atom. The number of aryl methyl sites for hydroxylation is 1. The van der Waals surface area contributed by atoms with Crippen LogP contribution in [0, 0.1) is 6.92 Å². The molecule has 1 fully saturated rings. The number of furan rings is 1. The molecule has 6 nitrogen and oxygen atoms in total. The molecule has 3 heterocycles. The molecule has 0 saturated carbocycles. The normalized spacial score (nSPS) is 23.7. The summed E-state index contributed by atoms with van der Waals surface area (Å²) in [6, 6.07) is 2.19. The first-order chi connectivity index (χ1) is 9.29. The third-order valence-electron chi connectivity index (χ3n) is 3.55. The smallest absolute Gasteiger partial charge is 0.238 e. The molecule has 6 heteroatoms. The molecule has 102 valence electrons. The summed E-state index contributed by atoms with van der Waals surface area (Å²) in [5.74, 6) is 1.85. The molecule has 3 rings (SSSR count). The average molecular weight is 263 g/mol.